The lowest BCUT2D eigenvalue weighted by Gasteiger charge is -2.26. The first-order valence-electron chi connectivity index (χ1n) is 19.6. The number of hydrogen-bond donors (Lipinski definition) is 1. The van der Waals surface area contributed by atoms with Crippen molar-refractivity contribution in [3.63, 3.8) is 0 Å². The minimum absolute atomic E-state index is 0.0348. The Bertz CT molecular complexity index is 2190. The molecule has 0 radical (unpaired) electrons. The number of nitrogens with zero attached hydrogens (tertiary/aromatic N) is 4. The third-order valence-electron chi connectivity index (χ3n) is 8.44. The van der Waals surface area contributed by atoms with Gasteiger partial charge in [0.15, 0.2) is 6.61 Å². The van der Waals surface area contributed by atoms with Gasteiger partial charge in [0, 0.05) is 51.6 Å². The molecule has 0 aliphatic carbocycles. The summed E-state index contributed by atoms with van der Waals surface area (Å²) in [6, 6.07) is 31.7. The molecule has 0 unspecified atom stereocenters. The number of ether oxygens (including phenoxy) is 3. The maximum absolute atomic E-state index is 12.7. The van der Waals surface area contributed by atoms with Gasteiger partial charge in [-0.15, -0.1) is 0 Å². The highest BCUT2D eigenvalue weighted by Gasteiger charge is 2.33. The van der Waals surface area contributed by atoms with Crippen molar-refractivity contribution < 1.29 is 56.1 Å². The summed E-state index contributed by atoms with van der Waals surface area (Å²) in [6.45, 7) is 9.02. The molecule has 338 valence electrons. The predicted octanol–water partition coefficient (Wildman–Crippen LogP) is 7.76. The zero-order valence-electron chi connectivity index (χ0n) is 36.6. The molecular formula is C46H54F3N5O9. The monoisotopic (exact) mass is 877 g/mol. The molecule has 4 rings (SSSR count). The average Bonchev–Trinajstić information content (AvgIpc) is 3.21. The second-order valence-electron chi connectivity index (χ2n) is 16.3. The highest BCUT2D eigenvalue weighted by molar-refractivity contribution is 6.34. The minimum Gasteiger partial charge on any atom is -0.449 e. The van der Waals surface area contributed by atoms with Gasteiger partial charge < -0.3 is 29.7 Å². The molecule has 14 nitrogen and oxygen atoms in total. The van der Waals surface area contributed by atoms with Crippen molar-refractivity contribution in [2.24, 2.45) is 5.73 Å². The van der Waals surface area contributed by atoms with Crippen LogP contribution >= 0.6 is 0 Å². The van der Waals surface area contributed by atoms with Crippen LogP contribution in [0.25, 0.3) is 0 Å². The Hall–Kier alpha value is -6.91. The van der Waals surface area contributed by atoms with Gasteiger partial charge in [-0.25, -0.2) is 14.4 Å². The second kappa shape index (κ2) is 22.3. The van der Waals surface area contributed by atoms with Crippen LogP contribution < -0.4 is 15.5 Å². The predicted molar refractivity (Wildman–Crippen MR) is 230 cm³/mol. The largest absolute Gasteiger partial charge is 0.449 e. The van der Waals surface area contributed by atoms with Crippen LogP contribution in [-0.2, 0) is 59.6 Å². The van der Waals surface area contributed by atoms with Crippen molar-refractivity contribution in [1.29, 1.82) is 0 Å². The number of carbonyl (C=O) groups excluding carboxylic acids is 6. The summed E-state index contributed by atoms with van der Waals surface area (Å²) in [5.74, 6) is -4.59. The van der Waals surface area contributed by atoms with Gasteiger partial charge in [0.05, 0.1) is 0 Å². The molecule has 4 aromatic carbocycles. The fourth-order valence-electron chi connectivity index (χ4n) is 5.54. The Morgan fingerprint density at radius 2 is 0.873 bits per heavy atom. The summed E-state index contributed by atoms with van der Waals surface area (Å²) < 4.78 is 52.1. The van der Waals surface area contributed by atoms with E-state index in [-0.39, 0.29) is 26.2 Å². The maximum atomic E-state index is 12.7. The number of esters is 1. The quantitative estimate of drug-likeness (QED) is 0.0899. The SMILES string of the molecule is CN(C(=O)OC(C)(C)C)c1cccc(CN(Cc2ccccc2)C(=O)C(=O)OCC(F)(F)F)c1.CN(C(=O)OC(C)(C)C)c1cccc(CN(Cc2ccccc2)C(=O)C(N)=O)c1. The van der Waals surface area contributed by atoms with E-state index in [4.69, 9.17) is 15.2 Å². The molecule has 0 aromatic heterocycles. The van der Waals surface area contributed by atoms with Crippen molar-refractivity contribution in [1.82, 2.24) is 9.80 Å². The van der Waals surface area contributed by atoms with E-state index in [9.17, 15) is 41.9 Å². The number of rotatable bonds is 11. The number of alkyl halides is 3. The summed E-state index contributed by atoms with van der Waals surface area (Å²) in [5.41, 5.74) is 7.84. The number of primary amides is 1. The molecule has 0 fully saturated rings. The Balaban J connectivity index is 0.000000340. The van der Waals surface area contributed by atoms with Crippen molar-refractivity contribution >= 4 is 47.3 Å². The van der Waals surface area contributed by atoms with Gasteiger partial charge in [0.1, 0.15) is 11.2 Å². The molecule has 0 atom stereocenters. The second-order valence-corrected chi connectivity index (χ2v) is 16.3. The summed E-state index contributed by atoms with van der Waals surface area (Å²) >= 11 is 0. The van der Waals surface area contributed by atoms with Gasteiger partial charge in [0.2, 0.25) is 0 Å². The van der Waals surface area contributed by atoms with Crippen molar-refractivity contribution in [3.8, 4) is 0 Å². The molecule has 0 heterocycles. The highest BCUT2D eigenvalue weighted by atomic mass is 19.4. The van der Waals surface area contributed by atoms with Crippen LogP contribution in [0, 0.1) is 0 Å². The summed E-state index contributed by atoms with van der Waals surface area (Å²) in [7, 11) is 3.14. The van der Waals surface area contributed by atoms with Crippen LogP contribution in [0.3, 0.4) is 0 Å². The molecule has 4 aromatic rings. The minimum atomic E-state index is -4.75. The average molecular weight is 878 g/mol. The number of benzene rings is 4. The Morgan fingerprint density at radius 1 is 0.524 bits per heavy atom. The standard InChI is InChI=1S/C24H27F3N2O5.C22H27N3O4/c1-23(2,3)34-22(32)28(4)19-12-8-11-18(13-19)15-29(14-17-9-6-5-7-10-17)20(30)21(31)33-16-24(25,26)27;1-22(2,3)29-21(28)24(4)18-12-8-11-17(13-18)15-25(20(27)19(23)26)14-16-9-6-5-7-10-16/h5-13H,14-16H2,1-4H3;5-13H,14-15H2,1-4H3,(H2,23,26). The number of halogens is 3. The van der Waals surface area contributed by atoms with Gasteiger partial charge in [-0.05, 0) is 88.1 Å². The zero-order chi connectivity index (χ0) is 47.1. The molecule has 0 aliphatic rings. The molecular weight excluding hydrogens is 824 g/mol. The molecule has 0 bridgehead atoms. The van der Waals surface area contributed by atoms with Crippen molar-refractivity contribution in [2.45, 2.75) is 85.1 Å². The Kier molecular flexibility index (Phi) is 17.8. The lowest BCUT2D eigenvalue weighted by molar-refractivity contribution is -0.189. The van der Waals surface area contributed by atoms with E-state index in [1.807, 2.05) is 36.4 Å². The first-order chi connectivity index (χ1) is 29.3. The molecule has 0 saturated heterocycles. The first kappa shape index (κ1) is 50.4. The Labute approximate surface area is 365 Å². The van der Waals surface area contributed by atoms with Crippen LogP contribution in [0.15, 0.2) is 109 Å². The number of amides is 5. The van der Waals surface area contributed by atoms with Crippen LogP contribution in [0.1, 0.15) is 63.8 Å². The number of nitrogens with two attached hydrogens (primary N) is 1. The summed E-state index contributed by atoms with van der Waals surface area (Å²) in [4.78, 5) is 78.3. The van der Waals surface area contributed by atoms with Crippen LogP contribution in [0.2, 0.25) is 0 Å². The maximum Gasteiger partial charge on any atom is 0.422 e. The first-order valence-corrected chi connectivity index (χ1v) is 19.6. The summed E-state index contributed by atoms with van der Waals surface area (Å²) in [5, 5.41) is 0. The molecule has 0 spiro atoms. The van der Waals surface area contributed by atoms with E-state index in [0.717, 1.165) is 16.0 Å². The van der Waals surface area contributed by atoms with E-state index in [0.29, 0.717) is 22.5 Å². The topological polar surface area (TPSA) is 169 Å². The molecule has 0 aliphatic heterocycles. The van der Waals surface area contributed by atoms with E-state index in [1.54, 1.807) is 121 Å². The lowest BCUT2D eigenvalue weighted by Crippen LogP contribution is -2.39. The molecule has 2 N–H and O–H groups in total. The van der Waals surface area contributed by atoms with E-state index < -0.39 is 59.9 Å². The van der Waals surface area contributed by atoms with Crippen LogP contribution in [0.5, 0.6) is 0 Å². The van der Waals surface area contributed by atoms with E-state index in [1.165, 1.54) is 21.7 Å². The zero-order valence-corrected chi connectivity index (χ0v) is 36.6. The van der Waals surface area contributed by atoms with E-state index >= 15 is 0 Å². The van der Waals surface area contributed by atoms with Crippen molar-refractivity contribution in [3.05, 3.63) is 131 Å². The van der Waals surface area contributed by atoms with Gasteiger partial charge in [-0.2, -0.15) is 13.2 Å². The van der Waals surface area contributed by atoms with Gasteiger partial charge in [-0.1, -0.05) is 84.9 Å². The van der Waals surface area contributed by atoms with Gasteiger partial charge >= 0.3 is 42.1 Å². The number of anilines is 2. The fourth-order valence-corrected chi connectivity index (χ4v) is 5.54. The third kappa shape index (κ3) is 17.9. The smallest absolute Gasteiger partial charge is 0.422 e. The Morgan fingerprint density at radius 3 is 1.22 bits per heavy atom. The highest BCUT2D eigenvalue weighted by Crippen LogP contribution is 2.23. The van der Waals surface area contributed by atoms with Gasteiger partial charge in [0.25, 0.3) is 0 Å². The van der Waals surface area contributed by atoms with Crippen molar-refractivity contribution in [2.75, 3.05) is 30.5 Å². The molecule has 0 saturated carbocycles. The third-order valence-corrected chi connectivity index (χ3v) is 8.44. The van der Waals surface area contributed by atoms with E-state index in [2.05, 4.69) is 4.74 Å². The lowest BCUT2D eigenvalue weighted by atomic mass is 10.1. The van der Waals surface area contributed by atoms with Crippen LogP contribution in [0.4, 0.5) is 34.1 Å². The number of carbonyl (C=O) groups is 6. The summed E-state index contributed by atoms with van der Waals surface area (Å²) in [6.07, 6.45) is -5.82. The number of hydrogen-bond acceptors (Lipinski definition) is 9. The van der Waals surface area contributed by atoms with Crippen LogP contribution in [-0.4, -0.2) is 83.8 Å². The fraction of sp³-hybridized carbons (Fsp3) is 0.348. The molecule has 5 amide bonds. The molecule has 17 heteroatoms. The normalized spacial score (nSPS) is 11.2. The molecule has 63 heavy (non-hydrogen) atoms. The van der Waals surface area contributed by atoms with Gasteiger partial charge in [-0.3, -0.25) is 24.2 Å².